The Morgan fingerprint density at radius 1 is 1.08 bits per heavy atom. The summed E-state index contributed by atoms with van der Waals surface area (Å²) in [7, 11) is 0. The van der Waals surface area contributed by atoms with Crippen molar-refractivity contribution in [2.75, 3.05) is 26.3 Å². The Morgan fingerprint density at radius 2 is 1.82 bits per heavy atom. The lowest BCUT2D eigenvalue weighted by Gasteiger charge is -2.33. The van der Waals surface area contributed by atoms with E-state index in [-0.39, 0.29) is 36.7 Å². The zero-order chi connectivity index (χ0) is 27.4. The second kappa shape index (κ2) is 11.4. The molecule has 2 saturated heterocycles. The van der Waals surface area contributed by atoms with Crippen LogP contribution in [0.1, 0.15) is 79.2 Å². The third-order valence-corrected chi connectivity index (χ3v) is 6.80. The molecule has 2 fully saturated rings. The zero-order valence-corrected chi connectivity index (χ0v) is 22.0. The maximum Gasteiger partial charge on any atom is 0.410 e. The van der Waals surface area contributed by atoms with Crippen molar-refractivity contribution in [3.8, 4) is 11.8 Å². The van der Waals surface area contributed by atoms with Crippen LogP contribution < -0.4 is 5.32 Å². The van der Waals surface area contributed by atoms with E-state index in [2.05, 4.69) is 17.2 Å². The number of nitrogens with one attached hydrogen (secondary N) is 1. The highest BCUT2D eigenvalue weighted by molar-refractivity contribution is 6.24. The number of nitrogens with zero attached hydrogens (tertiary/aromatic N) is 2. The normalized spacial score (nSPS) is 20.1. The van der Waals surface area contributed by atoms with E-state index in [0.717, 1.165) is 24.2 Å². The van der Waals surface area contributed by atoms with Crippen molar-refractivity contribution >= 4 is 29.7 Å². The number of carbonyl (C=O) groups excluding carboxylic acids is 5. The Bertz CT molecular complexity index is 1200. The molecule has 3 aliphatic heterocycles. The molecular weight excluding hydrogens is 490 g/mol. The van der Waals surface area contributed by atoms with E-state index in [4.69, 9.17) is 9.47 Å². The second-order valence-electron chi connectivity index (χ2n) is 10.7. The number of benzene rings is 1. The molecule has 0 radical (unpaired) electrons. The summed E-state index contributed by atoms with van der Waals surface area (Å²) in [5.41, 5.74) is 0.267. The van der Waals surface area contributed by atoms with Gasteiger partial charge in [-0.3, -0.25) is 29.4 Å². The lowest BCUT2D eigenvalue weighted by Crippen LogP contribution is -2.54. The predicted octanol–water partition coefficient (Wildman–Crippen LogP) is 2.49. The van der Waals surface area contributed by atoms with Crippen LogP contribution in [0.25, 0.3) is 0 Å². The molecule has 0 saturated carbocycles. The van der Waals surface area contributed by atoms with Crippen LogP contribution in [0.2, 0.25) is 0 Å². The smallest absolute Gasteiger partial charge is 0.410 e. The van der Waals surface area contributed by atoms with Gasteiger partial charge in [-0.15, -0.1) is 0 Å². The minimum Gasteiger partial charge on any atom is -0.444 e. The van der Waals surface area contributed by atoms with Gasteiger partial charge in [-0.1, -0.05) is 17.9 Å². The van der Waals surface area contributed by atoms with E-state index in [1.165, 1.54) is 6.07 Å². The van der Waals surface area contributed by atoms with Crippen molar-refractivity contribution < 1.29 is 33.4 Å². The minimum absolute atomic E-state index is 0.0661. The van der Waals surface area contributed by atoms with Gasteiger partial charge in [-0.25, -0.2) is 4.79 Å². The molecule has 0 aliphatic carbocycles. The predicted molar refractivity (Wildman–Crippen MR) is 136 cm³/mol. The molecule has 0 aromatic heterocycles. The Labute approximate surface area is 222 Å². The molecule has 0 bridgehead atoms. The van der Waals surface area contributed by atoms with E-state index >= 15 is 0 Å². The first-order chi connectivity index (χ1) is 18.0. The van der Waals surface area contributed by atoms with Gasteiger partial charge in [-0.2, -0.15) is 0 Å². The van der Waals surface area contributed by atoms with Crippen LogP contribution in [0.4, 0.5) is 4.79 Å². The minimum atomic E-state index is -1.01. The maximum atomic E-state index is 13.1. The highest BCUT2D eigenvalue weighted by atomic mass is 16.6. The Hall–Kier alpha value is -3.71. The highest BCUT2D eigenvalue weighted by Gasteiger charge is 2.45. The number of likely N-dealkylation sites (tertiary alicyclic amines) is 1. The van der Waals surface area contributed by atoms with Crippen molar-refractivity contribution in [1.29, 1.82) is 0 Å². The number of amides is 5. The summed E-state index contributed by atoms with van der Waals surface area (Å²) in [6, 6.07) is 3.83. The van der Waals surface area contributed by atoms with Crippen molar-refractivity contribution in [3.63, 3.8) is 0 Å². The van der Waals surface area contributed by atoms with E-state index in [1.807, 2.05) is 20.8 Å². The lowest BCUT2D eigenvalue weighted by atomic mass is 9.94. The standard InChI is InChI=1S/C28H33N3O7/c1-28(2,3)38-27(36)30-14-11-18(12-15-30)13-17-37-16-5-7-19-6-4-8-20-23(19)26(35)31(25(20)34)21-9-10-22(32)29-24(21)33/h4,6,8,18,21H,9-17H2,1-3H3,(H,29,32,33). The molecule has 3 aliphatic rings. The highest BCUT2D eigenvalue weighted by Crippen LogP contribution is 2.29. The van der Waals surface area contributed by atoms with Crippen molar-refractivity contribution in [2.45, 2.75) is 64.5 Å². The van der Waals surface area contributed by atoms with Gasteiger partial charge in [0.1, 0.15) is 18.2 Å². The molecule has 3 heterocycles. The first-order valence-electron chi connectivity index (χ1n) is 12.9. The van der Waals surface area contributed by atoms with Crippen molar-refractivity contribution in [2.24, 2.45) is 5.92 Å². The number of ether oxygens (including phenoxy) is 2. The lowest BCUT2D eigenvalue weighted by molar-refractivity contribution is -0.136. The van der Waals surface area contributed by atoms with Crippen LogP contribution in [-0.2, 0) is 19.1 Å². The zero-order valence-electron chi connectivity index (χ0n) is 22.0. The van der Waals surface area contributed by atoms with Gasteiger partial charge in [0, 0.05) is 31.7 Å². The average molecular weight is 524 g/mol. The summed E-state index contributed by atoms with van der Waals surface area (Å²) >= 11 is 0. The van der Waals surface area contributed by atoms with E-state index < -0.39 is 35.3 Å². The molecule has 10 nitrogen and oxygen atoms in total. The summed E-state index contributed by atoms with van der Waals surface area (Å²) in [4.78, 5) is 64.6. The molecule has 1 N–H and O–H groups in total. The molecule has 5 amide bonds. The number of hydrogen-bond acceptors (Lipinski definition) is 7. The van der Waals surface area contributed by atoms with Gasteiger partial charge in [0.05, 0.1) is 11.1 Å². The number of imide groups is 2. The number of carbonyl (C=O) groups is 5. The fourth-order valence-electron chi connectivity index (χ4n) is 4.85. The van der Waals surface area contributed by atoms with Crippen LogP contribution in [-0.4, -0.2) is 77.5 Å². The molecule has 10 heteroatoms. The first-order valence-corrected chi connectivity index (χ1v) is 12.9. The average Bonchev–Trinajstić information content (AvgIpc) is 3.11. The molecule has 0 spiro atoms. The van der Waals surface area contributed by atoms with Crippen LogP contribution in [0, 0.1) is 17.8 Å². The van der Waals surface area contributed by atoms with Gasteiger partial charge in [0.2, 0.25) is 11.8 Å². The Kier molecular flexibility index (Phi) is 8.17. The monoisotopic (exact) mass is 523 g/mol. The molecule has 1 aromatic carbocycles. The topological polar surface area (TPSA) is 122 Å². The van der Waals surface area contributed by atoms with Gasteiger partial charge in [0.25, 0.3) is 11.8 Å². The van der Waals surface area contributed by atoms with Crippen molar-refractivity contribution in [1.82, 2.24) is 15.1 Å². The fraction of sp³-hybridized carbons (Fsp3) is 0.536. The van der Waals surface area contributed by atoms with Crippen LogP contribution in [0.5, 0.6) is 0 Å². The summed E-state index contributed by atoms with van der Waals surface area (Å²) < 4.78 is 11.1. The van der Waals surface area contributed by atoms with E-state index in [0.29, 0.717) is 31.2 Å². The van der Waals surface area contributed by atoms with Crippen LogP contribution in [0.15, 0.2) is 18.2 Å². The SMILES string of the molecule is CC(C)(C)OC(=O)N1CCC(CCOCC#Cc2cccc3c2C(=O)N(C2CCC(=O)NC2=O)C3=O)CC1. The third-order valence-electron chi connectivity index (χ3n) is 6.80. The summed E-state index contributed by atoms with van der Waals surface area (Å²) in [6.07, 6.45) is 2.55. The molecule has 1 unspecified atom stereocenters. The number of piperidine rings is 2. The Morgan fingerprint density at radius 3 is 2.50 bits per heavy atom. The van der Waals surface area contributed by atoms with E-state index in [9.17, 15) is 24.0 Å². The quantitative estimate of drug-likeness (QED) is 0.357. The first kappa shape index (κ1) is 27.3. The fourth-order valence-corrected chi connectivity index (χ4v) is 4.85. The largest absolute Gasteiger partial charge is 0.444 e. The van der Waals surface area contributed by atoms with Crippen molar-refractivity contribution in [3.05, 3.63) is 34.9 Å². The second-order valence-corrected chi connectivity index (χ2v) is 10.7. The summed E-state index contributed by atoms with van der Waals surface area (Å²) in [5.74, 6) is 4.09. The number of hydrogen-bond donors (Lipinski definition) is 1. The van der Waals surface area contributed by atoms with Crippen LogP contribution in [0.3, 0.4) is 0 Å². The number of fused-ring (bicyclic) bond motifs is 1. The Balaban J connectivity index is 1.26. The molecule has 4 rings (SSSR count). The van der Waals surface area contributed by atoms with Gasteiger partial charge >= 0.3 is 6.09 Å². The summed E-state index contributed by atoms with van der Waals surface area (Å²) in [5, 5.41) is 2.19. The molecule has 1 aromatic rings. The van der Waals surface area contributed by atoms with E-state index in [1.54, 1.807) is 17.0 Å². The third kappa shape index (κ3) is 6.22. The summed E-state index contributed by atoms with van der Waals surface area (Å²) in [6.45, 7) is 7.60. The van der Waals surface area contributed by atoms with Gasteiger partial charge in [0.15, 0.2) is 0 Å². The molecule has 38 heavy (non-hydrogen) atoms. The van der Waals surface area contributed by atoms with Gasteiger partial charge in [-0.05, 0) is 64.5 Å². The van der Waals surface area contributed by atoms with Crippen LogP contribution >= 0.6 is 0 Å². The van der Waals surface area contributed by atoms with Gasteiger partial charge < -0.3 is 14.4 Å². The maximum absolute atomic E-state index is 13.1. The molecule has 1 atom stereocenters. The number of rotatable bonds is 5. The molecular formula is C28H33N3O7. The molecule has 202 valence electrons.